The Kier molecular flexibility index (Phi) is 3.70. The molecule has 1 saturated carbocycles. The second-order valence-electron chi connectivity index (χ2n) is 6.81. The van der Waals surface area contributed by atoms with Crippen LogP contribution in [0.4, 0.5) is 4.39 Å². The highest BCUT2D eigenvalue weighted by Crippen LogP contribution is 2.50. The molecule has 1 aliphatic rings. The first-order valence-electron chi connectivity index (χ1n) is 8.23. The number of aromatic amines is 1. The van der Waals surface area contributed by atoms with E-state index in [1.54, 1.807) is 24.3 Å². The van der Waals surface area contributed by atoms with E-state index in [1.165, 1.54) is 12.1 Å². The SMILES string of the molecule is Cc1cccc(S(=O)(=O)NCC2(c3c[nH]c4cc(F)ccc34)CC2)c1. The third-order valence-electron chi connectivity index (χ3n) is 4.97. The highest BCUT2D eigenvalue weighted by atomic mass is 32.2. The van der Waals surface area contributed by atoms with Crippen molar-refractivity contribution in [2.24, 2.45) is 0 Å². The predicted octanol–water partition coefficient (Wildman–Crippen LogP) is 3.63. The van der Waals surface area contributed by atoms with E-state index in [4.69, 9.17) is 0 Å². The summed E-state index contributed by atoms with van der Waals surface area (Å²) in [4.78, 5) is 3.38. The lowest BCUT2D eigenvalue weighted by molar-refractivity contribution is 0.567. The third-order valence-corrected chi connectivity index (χ3v) is 6.37. The number of rotatable bonds is 5. The highest BCUT2D eigenvalue weighted by Gasteiger charge is 2.46. The quantitative estimate of drug-likeness (QED) is 0.732. The second kappa shape index (κ2) is 5.68. The van der Waals surface area contributed by atoms with Crippen molar-refractivity contribution in [3.8, 4) is 0 Å². The largest absolute Gasteiger partial charge is 0.361 e. The van der Waals surface area contributed by atoms with Crippen LogP contribution < -0.4 is 4.72 Å². The van der Waals surface area contributed by atoms with Gasteiger partial charge in [0, 0.05) is 29.1 Å². The topological polar surface area (TPSA) is 62.0 Å². The Labute approximate surface area is 146 Å². The van der Waals surface area contributed by atoms with Crippen LogP contribution in [0.15, 0.2) is 53.6 Å². The molecule has 0 saturated heterocycles. The van der Waals surface area contributed by atoms with Gasteiger partial charge in [0.15, 0.2) is 0 Å². The van der Waals surface area contributed by atoms with Gasteiger partial charge in [-0.3, -0.25) is 0 Å². The van der Waals surface area contributed by atoms with E-state index >= 15 is 0 Å². The fourth-order valence-electron chi connectivity index (χ4n) is 3.33. The van der Waals surface area contributed by atoms with Crippen LogP contribution in [0.2, 0.25) is 0 Å². The first-order valence-corrected chi connectivity index (χ1v) is 9.71. The summed E-state index contributed by atoms with van der Waals surface area (Å²) in [5, 5.41) is 0.952. The molecule has 0 atom stereocenters. The van der Waals surface area contributed by atoms with Gasteiger partial charge in [0.05, 0.1) is 4.90 Å². The molecular formula is C19H19FN2O2S. The van der Waals surface area contributed by atoms with Crippen LogP contribution in [0, 0.1) is 12.7 Å². The van der Waals surface area contributed by atoms with Gasteiger partial charge in [-0.25, -0.2) is 17.5 Å². The Morgan fingerprint density at radius 3 is 2.72 bits per heavy atom. The molecule has 2 N–H and O–H groups in total. The number of sulfonamides is 1. The molecular weight excluding hydrogens is 339 g/mol. The lowest BCUT2D eigenvalue weighted by Crippen LogP contribution is -2.32. The van der Waals surface area contributed by atoms with Crippen molar-refractivity contribution in [2.45, 2.75) is 30.1 Å². The van der Waals surface area contributed by atoms with Crippen LogP contribution in [0.3, 0.4) is 0 Å². The van der Waals surface area contributed by atoms with Crippen LogP contribution in [0.25, 0.3) is 10.9 Å². The molecule has 0 amide bonds. The Morgan fingerprint density at radius 1 is 1.20 bits per heavy atom. The summed E-state index contributed by atoms with van der Waals surface area (Å²) in [6.45, 7) is 2.21. The summed E-state index contributed by atoms with van der Waals surface area (Å²) in [7, 11) is -3.55. The van der Waals surface area contributed by atoms with Gasteiger partial charge >= 0.3 is 0 Å². The number of H-pyrrole nitrogens is 1. The smallest absolute Gasteiger partial charge is 0.240 e. The number of aromatic nitrogens is 1. The summed E-state index contributed by atoms with van der Waals surface area (Å²) in [6, 6.07) is 11.5. The van der Waals surface area contributed by atoms with Crippen molar-refractivity contribution < 1.29 is 12.8 Å². The minimum Gasteiger partial charge on any atom is -0.361 e. The average Bonchev–Trinajstić information content (AvgIpc) is 3.25. The maximum atomic E-state index is 13.4. The minimum atomic E-state index is -3.55. The highest BCUT2D eigenvalue weighted by molar-refractivity contribution is 7.89. The van der Waals surface area contributed by atoms with Gasteiger partial charge in [0.25, 0.3) is 0 Å². The van der Waals surface area contributed by atoms with Crippen molar-refractivity contribution in [1.29, 1.82) is 0 Å². The normalized spacial score (nSPS) is 16.2. The number of halogens is 1. The molecule has 0 bridgehead atoms. The molecule has 4 nitrogen and oxygen atoms in total. The van der Waals surface area contributed by atoms with Gasteiger partial charge in [0.1, 0.15) is 5.82 Å². The van der Waals surface area contributed by atoms with Crippen molar-refractivity contribution in [3.05, 3.63) is 65.6 Å². The van der Waals surface area contributed by atoms with Crippen LogP contribution in [0.1, 0.15) is 24.0 Å². The number of hydrogen-bond acceptors (Lipinski definition) is 2. The molecule has 130 valence electrons. The zero-order chi connectivity index (χ0) is 17.7. The maximum absolute atomic E-state index is 13.4. The lowest BCUT2D eigenvalue weighted by atomic mass is 9.96. The van der Waals surface area contributed by atoms with Crippen LogP contribution >= 0.6 is 0 Å². The maximum Gasteiger partial charge on any atom is 0.240 e. The molecule has 1 aromatic heterocycles. The molecule has 2 aromatic carbocycles. The molecule has 0 aliphatic heterocycles. The standard InChI is InChI=1S/C19H19FN2O2S/c1-13-3-2-4-15(9-13)25(23,24)22-12-19(7-8-19)17-11-21-18-10-14(20)5-6-16(17)18/h2-6,9-11,21-22H,7-8,12H2,1H3. The van der Waals surface area contributed by atoms with Gasteiger partial charge in [-0.2, -0.15) is 0 Å². The van der Waals surface area contributed by atoms with Crippen LogP contribution in [-0.2, 0) is 15.4 Å². The van der Waals surface area contributed by atoms with E-state index < -0.39 is 10.0 Å². The minimum absolute atomic E-state index is 0.215. The Bertz CT molecular complexity index is 1050. The number of aryl methyl sites for hydroxylation is 1. The first-order chi connectivity index (χ1) is 11.9. The zero-order valence-electron chi connectivity index (χ0n) is 13.8. The van der Waals surface area contributed by atoms with Gasteiger partial charge in [-0.1, -0.05) is 12.1 Å². The van der Waals surface area contributed by atoms with E-state index in [0.29, 0.717) is 6.54 Å². The van der Waals surface area contributed by atoms with Crippen molar-refractivity contribution in [1.82, 2.24) is 9.71 Å². The van der Waals surface area contributed by atoms with E-state index in [9.17, 15) is 12.8 Å². The van der Waals surface area contributed by atoms with Gasteiger partial charge in [-0.15, -0.1) is 0 Å². The lowest BCUT2D eigenvalue weighted by Gasteiger charge is -2.16. The molecule has 25 heavy (non-hydrogen) atoms. The third kappa shape index (κ3) is 2.96. The van der Waals surface area contributed by atoms with E-state index in [0.717, 1.165) is 34.9 Å². The van der Waals surface area contributed by atoms with Gasteiger partial charge in [0.2, 0.25) is 10.0 Å². The summed E-state index contributed by atoms with van der Waals surface area (Å²) < 4.78 is 41.3. The fraction of sp³-hybridized carbons (Fsp3) is 0.263. The first kappa shape index (κ1) is 16.3. The second-order valence-corrected chi connectivity index (χ2v) is 8.58. The summed E-state index contributed by atoms with van der Waals surface area (Å²) in [6.07, 6.45) is 3.69. The van der Waals surface area contributed by atoms with Crippen LogP contribution in [-0.4, -0.2) is 19.9 Å². The zero-order valence-corrected chi connectivity index (χ0v) is 14.7. The van der Waals surface area contributed by atoms with Gasteiger partial charge in [-0.05, 0) is 61.2 Å². The molecule has 1 aliphatic carbocycles. The van der Waals surface area contributed by atoms with E-state index in [-0.39, 0.29) is 16.1 Å². The van der Waals surface area contributed by atoms with E-state index in [1.807, 2.05) is 19.2 Å². The van der Waals surface area contributed by atoms with Crippen molar-refractivity contribution in [2.75, 3.05) is 6.54 Å². The fourth-order valence-corrected chi connectivity index (χ4v) is 4.56. The van der Waals surface area contributed by atoms with E-state index in [2.05, 4.69) is 9.71 Å². The Balaban J connectivity index is 1.60. The molecule has 1 heterocycles. The number of nitrogens with one attached hydrogen (secondary N) is 2. The Morgan fingerprint density at radius 2 is 2.00 bits per heavy atom. The van der Waals surface area contributed by atoms with Gasteiger partial charge < -0.3 is 4.98 Å². The molecule has 0 unspecified atom stereocenters. The number of hydrogen-bond donors (Lipinski definition) is 2. The summed E-state index contributed by atoms with van der Waals surface area (Å²) in [5.41, 5.74) is 2.48. The molecule has 4 rings (SSSR count). The Hall–Kier alpha value is -2.18. The molecule has 0 radical (unpaired) electrons. The summed E-state index contributed by atoms with van der Waals surface area (Å²) in [5.74, 6) is -0.286. The number of benzene rings is 2. The summed E-state index contributed by atoms with van der Waals surface area (Å²) >= 11 is 0. The predicted molar refractivity (Wildman–Crippen MR) is 95.5 cm³/mol. The number of fused-ring (bicyclic) bond motifs is 1. The average molecular weight is 358 g/mol. The molecule has 6 heteroatoms. The van der Waals surface area contributed by atoms with Crippen molar-refractivity contribution >= 4 is 20.9 Å². The molecule has 1 fully saturated rings. The van der Waals surface area contributed by atoms with Crippen LogP contribution in [0.5, 0.6) is 0 Å². The molecule has 3 aromatic rings. The monoisotopic (exact) mass is 358 g/mol. The van der Waals surface area contributed by atoms with Crippen molar-refractivity contribution in [3.63, 3.8) is 0 Å². The molecule has 0 spiro atoms.